The quantitative estimate of drug-likeness (QED) is 0.726. The van der Waals surface area contributed by atoms with Crippen molar-refractivity contribution in [3.8, 4) is 17.4 Å². The molecule has 2 heterocycles. The van der Waals surface area contributed by atoms with Gasteiger partial charge in [0.15, 0.2) is 17.3 Å². The second-order valence-electron chi connectivity index (χ2n) is 5.08. The number of anilines is 1. The fraction of sp³-hybridized carbons (Fsp3) is 0.188. The summed E-state index contributed by atoms with van der Waals surface area (Å²) in [4.78, 5) is 16.2. The van der Waals surface area contributed by atoms with Gasteiger partial charge in [0.05, 0.1) is 25.4 Å². The van der Waals surface area contributed by atoms with E-state index in [1.807, 2.05) is 12.1 Å². The van der Waals surface area contributed by atoms with E-state index in [-0.39, 0.29) is 12.3 Å². The summed E-state index contributed by atoms with van der Waals surface area (Å²) in [6.45, 7) is 0. The van der Waals surface area contributed by atoms with Gasteiger partial charge in [0.1, 0.15) is 0 Å². The summed E-state index contributed by atoms with van der Waals surface area (Å²) in [6, 6.07) is 10.6. The molecule has 0 aliphatic carbocycles. The van der Waals surface area contributed by atoms with Crippen LogP contribution in [-0.4, -0.2) is 38.2 Å². The van der Waals surface area contributed by atoms with Gasteiger partial charge in [0, 0.05) is 13.1 Å². The van der Waals surface area contributed by atoms with Crippen molar-refractivity contribution < 1.29 is 14.3 Å². The first kappa shape index (κ1) is 16.4. The first-order valence-corrected chi connectivity index (χ1v) is 7.43. The summed E-state index contributed by atoms with van der Waals surface area (Å²) in [7, 11) is 3.25. The van der Waals surface area contributed by atoms with Gasteiger partial charge in [-0.3, -0.25) is 4.79 Å². The van der Waals surface area contributed by atoms with Crippen LogP contribution in [0.5, 0.6) is 17.4 Å². The lowest BCUT2D eigenvalue weighted by Crippen LogP contribution is -2.17. The van der Waals surface area contributed by atoms with Crippen molar-refractivity contribution in [1.82, 2.24) is 25.2 Å². The molecule has 0 radical (unpaired) electrons. The number of ether oxygens (including phenoxy) is 2. The molecule has 1 N–H and O–H groups in total. The Kier molecular flexibility index (Phi) is 4.84. The molecule has 0 fully saturated rings. The number of hydrogen-bond donors (Lipinski definition) is 1. The maximum absolute atomic E-state index is 12.0. The SMILES string of the molecule is COc1ccccc1Oc1ccc(NC(=O)Cc2nnnn2C)cn1. The molecule has 128 valence electrons. The van der Waals surface area contributed by atoms with Gasteiger partial charge in [-0.15, -0.1) is 5.10 Å². The summed E-state index contributed by atoms with van der Waals surface area (Å²) in [6.07, 6.45) is 1.58. The predicted molar refractivity (Wildman–Crippen MR) is 88.4 cm³/mol. The van der Waals surface area contributed by atoms with Gasteiger partial charge >= 0.3 is 0 Å². The largest absolute Gasteiger partial charge is 0.493 e. The van der Waals surface area contributed by atoms with E-state index in [2.05, 4.69) is 25.8 Å². The van der Waals surface area contributed by atoms with Gasteiger partial charge in [-0.1, -0.05) is 12.1 Å². The van der Waals surface area contributed by atoms with Crippen molar-refractivity contribution in [2.75, 3.05) is 12.4 Å². The molecular weight excluding hydrogens is 324 g/mol. The van der Waals surface area contributed by atoms with Crippen molar-refractivity contribution in [1.29, 1.82) is 0 Å². The van der Waals surface area contributed by atoms with Crippen LogP contribution in [0.4, 0.5) is 5.69 Å². The molecular formula is C16H16N6O3. The monoisotopic (exact) mass is 340 g/mol. The molecule has 0 aliphatic rings. The van der Waals surface area contributed by atoms with Crippen molar-refractivity contribution in [2.24, 2.45) is 7.05 Å². The Morgan fingerprint density at radius 3 is 2.64 bits per heavy atom. The van der Waals surface area contributed by atoms with Gasteiger partial charge in [0.25, 0.3) is 0 Å². The molecule has 3 aromatic rings. The van der Waals surface area contributed by atoms with E-state index in [9.17, 15) is 4.79 Å². The van der Waals surface area contributed by atoms with Gasteiger partial charge in [-0.2, -0.15) is 0 Å². The fourth-order valence-electron chi connectivity index (χ4n) is 2.08. The average molecular weight is 340 g/mol. The third kappa shape index (κ3) is 4.08. The second kappa shape index (κ2) is 7.39. The molecule has 0 unspecified atom stereocenters. The summed E-state index contributed by atoms with van der Waals surface area (Å²) >= 11 is 0. The number of hydrogen-bond acceptors (Lipinski definition) is 7. The van der Waals surface area contributed by atoms with E-state index >= 15 is 0 Å². The number of aryl methyl sites for hydroxylation is 1. The molecule has 0 bridgehead atoms. The highest BCUT2D eigenvalue weighted by atomic mass is 16.5. The van der Waals surface area contributed by atoms with Gasteiger partial charge < -0.3 is 14.8 Å². The Balaban J connectivity index is 1.62. The number of tetrazole rings is 1. The molecule has 9 heteroatoms. The number of carbonyl (C=O) groups is 1. The van der Waals surface area contributed by atoms with Gasteiger partial charge in [-0.25, -0.2) is 9.67 Å². The Bertz CT molecular complexity index is 862. The maximum Gasteiger partial charge on any atom is 0.232 e. The molecule has 25 heavy (non-hydrogen) atoms. The first-order valence-electron chi connectivity index (χ1n) is 7.43. The molecule has 9 nitrogen and oxygen atoms in total. The smallest absolute Gasteiger partial charge is 0.232 e. The highest BCUT2D eigenvalue weighted by molar-refractivity contribution is 5.91. The van der Waals surface area contributed by atoms with Crippen LogP contribution in [0, 0.1) is 0 Å². The Labute approximate surface area is 143 Å². The molecule has 0 saturated heterocycles. The zero-order valence-corrected chi connectivity index (χ0v) is 13.7. The van der Waals surface area contributed by atoms with Crippen LogP contribution in [-0.2, 0) is 18.3 Å². The lowest BCUT2D eigenvalue weighted by Gasteiger charge is -2.09. The van der Waals surface area contributed by atoms with E-state index in [1.165, 1.54) is 10.9 Å². The van der Waals surface area contributed by atoms with E-state index in [1.54, 1.807) is 38.4 Å². The average Bonchev–Trinajstić information content (AvgIpc) is 3.02. The molecule has 0 atom stereocenters. The third-order valence-corrected chi connectivity index (χ3v) is 3.33. The number of nitrogens with one attached hydrogen (secondary N) is 1. The van der Waals surface area contributed by atoms with E-state index < -0.39 is 0 Å². The molecule has 0 spiro atoms. The zero-order valence-electron chi connectivity index (χ0n) is 13.7. The second-order valence-corrected chi connectivity index (χ2v) is 5.08. The van der Waals surface area contributed by atoms with Gasteiger partial charge in [0.2, 0.25) is 11.8 Å². The molecule has 3 rings (SSSR count). The number of amides is 1. The number of benzene rings is 1. The minimum Gasteiger partial charge on any atom is -0.493 e. The number of methoxy groups -OCH3 is 1. The van der Waals surface area contributed by atoms with Crippen LogP contribution >= 0.6 is 0 Å². The van der Waals surface area contributed by atoms with E-state index in [4.69, 9.17) is 9.47 Å². The number of carbonyl (C=O) groups excluding carboxylic acids is 1. The van der Waals surface area contributed by atoms with Crippen molar-refractivity contribution in [3.05, 3.63) is 48.4 Å². The number of nitrogens with zero attached hydrogens (tertiary/aromatic N) is 5. The van der Waals surface area contributed by atoms with Crippen LogP contribution in [0.1, 0.15) is 5.82 Å². The zero-order chi connectivity index (χ0) is 17.6. The Morgan fingerprint density at radius 1 is 1.20 bits per heavy atom. The van der Waals surface area contributed by atoms with Crippen LogP contribution in [0.3, 0.4) is 0 Å². The van der Waals surface area contributed by atoms with Crippen LogP contribution in [0.25, 0.3) is 0 Å². The number of rotatable bonds is 6. The highest BCUT2D eigenvalue weighted by Crippen LogP contribution is 2.30. The minimum atomic E-state index is -0.238. The summed E-state index contributed by atoms with van der Waals surface area (Å²) in [5.41, 5.74) is 0.549. The highest BCUT2D eigenvalue weighted by Gasteiger charge is 2.10. The molecule has 0 aliphatic heterocycles. The molecule has 2 aromatic heterocycles. The van der Waals surface area contributed by atoms with Crippen molar-refractivity contribution in [2.45, 2.75) is 6.42 Å². The minimum absolute atomic E-state index is 0.0724. The lowest BCUT2D eigenvalue weighted by atomic mass is 10.3. The summed E-state index contributed by atoms with van der Waals surface area (Å²) in [5, 5.41) is 13.7. The lowest BCUT2D eigenvalue weighted by molar-refractivity contribution is -0.115. The van der Waals surface area contributed by atoms with Crippen molar-refractivity contribution >= 4 is 11.6 Å². The normalized spacial score (nSPS) is 10.3. The van der Waals surface area contributed by atoms with E-state index in [0.717, 1.165) is 0 Å². The maximum atomic E-state index is 12.0. The number of pyridine rings is 1. The van der Waals surface area contributed by atoms with Crippen LogP contribution in [0.15, 0.2) is 42.6 Å². The fourth-order valence-corrected chi connectivity index (χ4v) is 2.08. The number of aromatic nitrogens is 5. The molecule has 1 amide bonds. The topological polar surface area (TPSA) is 104 Å². The van der Waals surface area contributed by atoms with Gasteiger partial charge in [-0.05, 0) is 28.6 Å². The Morgan fingerprint density at radius 2 is 2.00 bits per heavy atom. The number of para-hydroxylation sites is 2. The van der Waals surface area contributed by atoms with E-state index in [0.29, 0.717) is 28.9 Å². The van der Waals surface area contributed by atoms with Crippen LogP contribution < -0.4 is 14.8 Å². The third-order valence-electron chi connectivity index (χ3n) is 3.33. The predicted octanol–water partition coefficient (Wildman–Crippen LogP) is 1.59. The van der Waals surface area contributed by atoms with Crippen LogP contribution in [0.2, 0.25) is 0 Å². The van der Waals surface area contributed by atoms with Crippen molar-refractivity contribution in [3.63, 3.8) is 0 Å². The molecule has 0 saturated carbocycles. The first-order chi connectivity index (χ1) is 12.2. The summed E-state index contributed by atoms with van der Waals surface area (Å²) in [5.74, 6) is 1.79. The molecule has 1 aromatic carbocycles. The standard InChI is InChI=1S/C16H16N6O3/c1-22-14(19-20-21-22)9-15(23)18-11-7-8-16(17-10-11)25-13-6-4-3-5-12(13)24-2/h3-8,10H,9H2,1-2H3,(H,18,23). The Hall–Kier alpha value is -3.49. The summed E-state index contributed by atoms with van der Waals surface area (Å²) < 4.78 is 12.4.